The summed E-state index contributed by atoms with van der Waals surface area (Å²) in [6.45, 7) is 2.21. The summed E-state index contributed by atoms with van der Waals surface area (Å²) >= 11 is 0. The van der Waals surface area contributed by atoms with Crippen molar-refractivity contribution in [3.05, 3.63) is 71.7 Å². The van der Waals surface area contributed by atoms with Gasteiger partial charge < -0.3 is 14.3 Å². The van der Waals surface area contributed by atoms with Gasteiger partial charge in [-0.2, -0.15) is 0 Å². The molecule has 1 amide bonds. The third-order valence-electron chi connectivity index (χ3n) is 3.90. The highest BCUT2D eigenvalue weighted by Crippen LogP contribution is 2.21. The molecule has 128 valence electrons. The number of para-hydroxylation sites is 1. The first-order chi connectivity index (χ1) is 12.0. The third kappa shape index (κ3) is 3.85. The maximum absolute atomic E-state index is 12.5. The minimum atomic E-state index is -0.109. The summed E-state index contributed by atoms with van der Waals surface area (Å²) in [5, 5.41) is 3.91. The molecule has 2 heterocycles. The highest BCUT2D eigenvalue weighted by Gasteiger charge is 2.15. The fraction of sp³-hybridized carbons (Fsp3) is 0.211. The second-order valence-corrected chi connectivity index (χ2v) is 5.89. The van der Waals surface area contributed by atoms with Gasteiger partial charge in [-0.25, -0.2) is 4.98 Å². The number of aryl methyl sites for hydroxylation is 1. The molecule has 1 aromatic carbocycles. The van der Waals surface area contributed by atoms with Gasteiger partial charge in [0.25, 0.3) is 5.91 Å². The summed E-state index contributed by atoms with van der Waals surface area (Å²) in [5.74, 6) is 1.39. The molecule has 0 atom stereocenters. The van der Waals surface area contributed by atoms with Gasteiger partial charge in [-0.1, -0.05) is 23.4 Å². The van der Waals surface area contributed by atoms with Gasteiger partial charge >= 0.3 is 0 Å². The second-order valence-electron chi connectivity index (χ2n) is 5.89. The average molecular weight is 336 g/mol. The zero-order valence-corrected chi connectivity index (χ0v) is 14.5. The number of nitrogens with zero attached hydrogens (tertiary/aromatic N) is 4. The first-order valence-corrected chi connectivity index (χ1v) is 7.97. The molecular weight excluding hydrogens is 316 g/mol. The molecule has 0 unspecified atom stereocenters. The summed E-state index contributed by atoms with van der Waals surface area (Å²) in [4.78, 5) is 20.5. The number of amides is 1. The Bertz CT molecular complexity index is 843. The number of carbonyl (C=O) groups excluding carboxylic acids is 1. The standard InChI is InChI=1S/C19H20N4O2/c1-14-11-16(21-25-14)13-22(2)19(24)15-9-10-18(20-12-15)23(3)17-7-5-4-6-8-17/h4-12H,13H2,1-3H3. The molecule has 3 aromatic rings. The van der Waals surface area contributed by atoms with E-state index < -0.39 is 0 Å². The van der Waals surface area contributed by atoms with E-state index >= 15 is 0 Å². The van der Waals surface area contributed by atoms with E-state index in [-0.39, 0.29) is 5.91 Å². The molecule has 0 bridgehead atoms. The monoisotopic (exact) mass is 336 g/mol. The first-order valence-electron chi connectivity index (χ1n) is 7.97. The Balaban J connectivity index is 1.70. The van der Waals surface area contributed by atoms with Crippen molar-refractivity contribution in [1.82, 2.24) is 15.0 Å². The zero-order valence-electron chi connectivity index (χ0n) is 14.5. The Morgan fingerprint density at radius 3 is 2.48 bits per heavy atom. The molecule has 0 spiro atoms. The molecule has 0 aliphatic rings. The number of pyridine rings is 1. The summed E-state index contributed by atoms with van der Waals surface area (Å²) in [5.41, 5.74) is 2.29. The lowest BCUT2D eigenvalue weighted by Gasteiger charge is -2.19. The lowest BCUT2D eigenvalue weighted by atomic mass is 10.2. The second kappa shape index (κ2) is 7.17. The predicted octanol–water partition coefficient (Wildman–Crippen LogP) is 3.42. The first kappa shape index (κ1) is 16.7. The van der Waals surface area contributed by atoms with Gasteiger partial charge in [0.2, 0.25) is 0 Å². The van der Waals surface area contributed by atoms with E-state index in [1.165, 1.54) is 0 Å². The van der Waals surface area contributed by atoms with Crippen LogP contribution in [-0.2, 0) is 6.54 Å². The van der Waals surface area contributed by atoms with Crippen LogP contribution >= 0.6 is 0 Å². The van der Waals surface area contributed by atoms with Crippen molar-refractivity contribution >= 4 is 17.4 Å². The molecule has 25 heavy (non-hydrogen) atoms. The van der Waals surface area contributed by atoms with E-state index in [2.05, 4.69) is 10.1 Å². The normalized spacial score (nSPS) is 10.5. The Morgan fingerprint density at radius 1 is 1.12 bits per heavy atom. The smallest absolute Gasteiger partial charge is 0.255 e. The molecule has 0 radical (unpaired) electrons. The van der Waals surface area contributed by atoms with Gasteiger partial charge in [0.15, 0.2) is 0 Å². The van der Waals surface area contributed by atoms with Gasteiger partial charge in [0, 0.05) is 32.0 Å². The van der Waals surface area contributed by atoms with Crippen LogP contribution in [0.3, 0.4) is 0 Å². The predicted molar refractivity (Wildman–Crippen MR) is 95.8 cm³/mol. The summed E-state index contributed by atoms with van der Waals surface area (Å²) in [7, 11) is 3.68. The Morgan fingerprint density at radius 2 is 1.88 bits per heavy atom. The van der Waals surface area contributed by atoms with E-state index in [1.54, 1.807) is 24.2 Å². The van der Waals surface area contributed by atoms with Crippen molar-refractivity contribution in [2.24, 2.45) is 0 Å². The number of hydrogen-bond donors (Lipinski definition) is 0. The summed E-state index contributed by atoms with van der Waals surface area (Å²) < 4.78 is 5.03. The molecule has 6 nitrogen and oxygen atoms in total. The van der Waals surface area contributed by atoms with Crippen molar-refractivity contribution in [2.75, 3.05) is 19.0 Å². The minimum absolute atomic E-state index is 0.109. The molecule has 0 aliphatic heterocycles. The quantitative estimate of drug-likeness (QED) is 0.714. The third-order valence-corrected chi connectivity index (χ3v) is 3.90. The molecule has 2 aromatic heterocycles. The van der Waals surface area contributed by atoms with E-state index in [1.807, 2.05) is 61.3 Å². The highest BCUT2D eigenvalue weighted by atomic mass is 16.5. The average Bonchev–Trinajstić information content (AvgIpc) is 3.06. The molecule has 0 saturated heterocycles. The minimum Gasteiger partial charge on any atom is -0.361 e. The van der Waals surface area contributed by atoms with Crippen molar-refractivity contribution in [3.8, 4) is 0 Å². The van der Waals surface area contributed by atoms with Crippen molar-refractivity contribution in [2.45, 2.75) is 13.5 Å². The number of rotatable bonds is 5. The van der Waals surface area contributed by atoms with Gasteiger partial charge in [-0.3, -0.25) is 4.79 Å². The number of anilines is 2. The van der Waals surface area contributed by atoms with E-state index in [9.17, 15) is 4.79 Å². The number of aromatic nitrogens is 2. The molecular formula is C19H20N4O2. The van der Waals surface area contributed by atoms with Gasteiger partial charge in [-0.15, -0.1) is 0 Å². The van der Waals surface area contributed by atoms with Crippen LogP contribution in [-0.4, -0.2) is 35.0 Å². The van der Waals surface area contributed by atoms with E-state index in [0.29, 0.717) is 12.1 Å². The maximum atomic E-state index is 12.5. The largest absolute Gasteiger partial charge is 0.361 e. The number of carbonyl (C=O) groups is 1. The summed E-state index contributed by atoms with van der Waals surface area (Å²) in [6, 6.07) is 15.4. The van der Waals surface area contributed by atoms with Crippen LogP contribution in [0.2, 0.25) is 0 Å². The van der Waals surface area contributed by atoms with Crippen LogP contribution in [0.1, 0.15) is 21.8 Å². The molecule has 0 aliphatic carbocycles. The Hall–Kier alpha value is -3.15. The topological polar surface area (TPSA) is 62.5 Å². The van der Waals surface area contributed by atoms with Gasteiger partial charge in [0.05, 0.1) is 12.1 Å². The van der Waals surface area contributed by atoms with Crippen molar-refractivity contribution in [3.63, 3.8) is 0 Å². The molecule has 0 fully saturated rings. The Kier molecular flexibility index (Phi) is 4.79. The zero-order chi connectivity index (χ0) is 17.8. The van der Waals surface area contributed by atoms with E-state index in [0.717, 1.165) is 23.0 Å². The van der Waals surface area contributed by atoms with Crippen LogP contribution in [0.4, 0.5) is 11.5 Å². The Labute approximate surface area is 146 Å². The van der Waals surface area contributed by atoms with Crippen LogP contribution in [0.25, 0.3) is 0 Å². The molecule has 3 rings (SSSR count). The van der Waals surface area contributed by atoms with Crippen LogP contribution in [0, 0.1) is 6.92 Å². The van der Waals surface area contributed by atoms with Crippen molar-refractivity contribution < 1.29 is 9.32 Å². The van der Waals surface area contributed by atoms with Gasteiger partial charge in [-0.05, 0) is 31.2 Å². The van der Waals surface area contributed by atoms with Crippen LogP contribution in [0.5, 0.6) is 0 Å². The molecule has 0 N–H and O–H groups in total. The maximum Gasteiger partial charge on any atom is 0.255 e. The van der Waals surface area contributed by atoms with Gasteiger partial charge in [0.1, 0.15) is 17.3 Å². The summed E-state index contributed by atoms with van der Waals surface area (Å²) in [6.07, 6.45) is 1.60. The molecule has 6 heteroatoms. The fourth-order valence-electron chi connectivity index (χ4n) is 2.52. The molecule has 0 saturated carbocycles. The van der Waals surface area contributed by atoms with Crippen molar-refractivity contribution in [1.29, 1.82) is 0 Å². The number of benzene rings is 1. The van der Waals surface area contributed by atoms with E-state index in [4.69, 9.17) is 4.52 Å². The highest BCUT2D eigenvalue weighted by molar-refractivity contribution is 5.93. The lowest BCUT2D eigenvalue weighted by Crippen LogP contribution is -2.26. The van der Waals surface area contributed by atoms with Crippen LogP contribution in [0.15, 0.2) is 59.3 Å². The number of hydrogen-bond acceptors (Lipinski definition) is 5. The fourth-order valence-corrected chi connectivity index (χ4v) is 2.52. The van der Waals surface area contributed by atoms with Crippen LogP contribution < -0.4 is 4.90 Å². The lowest BCUT2D eigenvalue weighted by molar-refractivity contribution is 0.0782. The SMILES string of the molecule is Cc1cc(CN(C)C(=O)c2ccc(N(C)c3ccccc3)nc2)no1.